The number of carbonyl (C=O) groups excluding carboxylic acids is 1. The predicted octanol–water partition coefficient (Wildman–Crippen LogP) is 14.9. The molecule has 9 unspecified atom stereocenters. The molecule has 0 aromatic heterocycles. The lowest BCUT2D eigenvalue weighted by Gasteiger charge is -2.40. The third-order valence-corrected chi connectivity index (χ3v) is 16.0. The molecule has 1 rings (SSSR count). The minimum atomic E-state index is -1.67. The Bertz CT molecular complexity index is 1280. The lowest BCUT2D eigenvalue weighted by atomic mass is 9.98. The number of ether oxygens (including phenoxy) is 2. The van der Waals surface area contributed by atoms with Gasteiger partial charge in [0.15, 0.2) is 6.29 Å². The molecule has 76 heavy (non-hydrogen) atoms. The molecule has 0 aromatic carbocycles. The van der Waals surface area contributed by atoms with Crippen LogP contribution in [0.25, 0.3) is 0 Å². The SMILES string of the molecule is CCCCCCCCCCCCCC/C=C\CCCCCCCCCCCCCCCCCCC(O)C(=O)NC(COC1OC(CO)C(O)C(O)C1O)C(O)C(O)CCC/C=C/CCCCCCCCCCCCCC. The average molecular weight is 1080 g/mol. The quantitative estimate of drug-likeness (QED) is 0.0215. The topological polar surface area (TPSA) is 189 Å². The molecule has 0 radical (unpaired) electrons. The van der Waals surface area contributed by atoms with Gasteiger partial charge in [0.25, 0.3) is 0 Å². The molecular formula is C65H125NO10. The van der Waals surface area contributed by atoms with E-state index in [9.17, 15) is 40.5 Å². The highest BCUT2D eigenvalue weighted by Gasteiger charge is 2.44. The molecule has 11 nitrogen and oxygen atoms in total. The van der Waals surface area contributed by atoms with Crippen LogP contribution >= 0.6 is 0 Å². The molecule has 1 aliphatic heterocycles. The second kappa shape index (κ2) is 54.2. The summed E-state index contributed by atoms with van der Waals surface area (Å²) in [6.45, 7) is 3.48. The number of nitrogens with one attached hydrogen (secondary N) is 1. The van der Waals surface area contributed by atoms with Crippen LogP contribution in [-0.4, -0.2) is 110 Å². The van der Waals surface area contributed by atoms with Gasteiger partial charge in [0.2, 0.25) is 5.91 Å². The zero-order chi connectivity index (χ0) is 55.4. The van der Waals surface area contributed by atoms with Crippen LogP contribution in [-0.2, 0) is 14.3 Å². The van der Waals surface area contributed by atoms with Crippen molar-refractivity contribution in [1.29, 1.82) is 0 Å². The van der Waals surface area contributed by atoms with Gasteiger partial charge in [0.05, 0.1) is 25.4 Å². The number of aliphatic hydroxyl groups excluding tert-OH is 7. The van der Waals surface area contributed by atoms with Crippen LogP contribution in [0.15, 0.2) is 24.3 Å². The predicted molar refractivity (Wildman–Crippen MR) is 316 cm³/mol. The minimum Gasteiger partial charge on any atom is -0.394 e. The normalized spacial score (nSPS) is 19.7. The third kappa shape index (κ3) is 41.6. The Balaban J connectivity index is 2.20. The van der Waals surface area contributed by atoms with Crippen LogP contribution < -0.4 is 5.32 Å². The van der Waals surface area contributed by atoms with Gasteiger partial charge in [-0.3, -0.25) is 4.79 Å². The molecule has 0 aliphatic carbocycles. The van der Waals surface area contributed by atoms with E-state index >= 15 is 0 Å². The Kier molecular flexibility index (Phi) is 51.8. The molecule has 1 aliphatic rings. The van der Waals surface area contributed by atoms with Crippen LogP contribution in [0.4, 0.5) is 0 Å². The monoisotopic (exact) mass is 1080 g/mol. The van der Waals surface area contributed by atoms with Crippen molar-refractivity contribution in [2.45, 2.75) is 371 Å². The maximum Gasteiger partial charge on any atom is 0.249 e. The van der Waals surface area contributed by atoms with Gasteiger partial charge < -0.3 is 50.5 Å². The highest BCUT2D eigenvalue weighted by atomic mass is 16.7. The van der Waals surface area contributed by atoms with E-state index in [4.69, 9.17) is 9.47 Å². The van der Waals surface area contributed by atoms with Crippen molar-refractivity contribution in [1.82, 2.24) is 5.32 Å². The fourth-order valence-electron chi connectivity index (χ4n) is 10.7. The second-order valence-electron chi connectivity index (χ2n) is 23.2. The van der Waals surface area contributed by atoms with E-state index in [1.165, 1.54) is 238 Å². The zero-order valence-electron chi connectivity index (χ0n) is 49.5. The van der Waals surface area contributed by atoms with Gasteiger partial charge in [-0.2, -0.15) is 0 Å². The zero-order valence-corrected chi connectivity index (χ0v) is 49.5. The van der Waals surface area contributed by atoms with Gasteiger partial charge in [-0.25, -0.2) is 0 Å². The highest BCUT2D eigenvalue weighted by molar-refractivity contribution is 5.80. The fraction of sp³-hybridized carbons (Fsp3) is 0.923. The molecule has 450 valence electrons. The average Bonchev–Trinajstić information content (AvgIpc) is 3.42. The van der Waals surface area contributed by atoms with E-state index in [0.717, 1.165) is 38.5 Å². The van der Waals surface area contributed by atoms with E-state index in [1.54, 1.807) is 0 Å². The first-order valence-electron chi connectivity index (χ1n) is 32.7. The third-order valence-electron chi connectivity index (χ3n) is 16.0. The summed E-state index contributed by atoms with van der Waals surface area (Å²) < 4.78 is 11.2. The number of rotatable bonds is 57. The minimum absolute atomic E-state index is 0.257. The molecule has 1 amide bonds. The summed E-state index contributed by atoms with van der Waals surface area (Å²) >= 11 is 0. The first-order chi connectivity index (χ1) is 37.2. The number of unbranched alkanes of at least 4 members (excludes halogenated alkanes) is 41. The van der Waals surface area contributed by atoms with Gasteiger partial charge in [0, 0.05) is 0 Å². The molecule has 1 saturated heterocycles. The fourth-order valence-corrected chi connectivity index (χ4v) is 10.7. The van der Waals surface area contributed by atoms with E-state index in [0.29, 0.717) is 12.8 Å². The molecule has 0 saturated carbocycles. The molecule has 0 spiro atoms. The summed E-state index contributed by atoms with van der Waals surface area (Å²) in [6, 6.07) is -1.18. The van der Waals surface area contributed by atoms with Gasteiger partial charge >= 0.3 is 0 Å². The Labute approximate surface area is 467 Å². The maximum atomic E-state index is 13.2. The number of hydrogen-bond donors (Lipinski definition) is 8. The molecular weight excluding hydrogens is 955 g/mol. The number of amides is 1. The van der Waals surface area contributed by atoms with Gasteiger partial charge in [-0.05, 0) is 64.2 Å². The van der Waals surface area contributed by atoms with Crippen molar-refractivity contribution in [3.8, 4) is 0 Å². The Morgan fingerprint density at radius 3 is 1.13 bits per heavy atom. The highest BCUT2D eigenvalue weighted by Crippen LogP contribution is 2.24. The summed E-state index contributed by atoms with van der Waals surface area (Å²) in [4.78, 5) is 13.2. The summed E-state index contributed by atoms with van der Waals surface area (Å²) in [5, 5.41) is 76.2. The van der Waals surface area contributed by atoms with Crippen LogP contribution in [0.1, 0.15) is 316 Å². The Morgan fingerprint density at radius 2 is 0.776 bits per heavy atom. The van der Waals surface area contributed by atoms with Crippen molar-refractivity contribution in [3.05, 3.63) is 24.3 Å². The molecule has 9 atom stereocenters. The largest absolute Gasteiger partial charge is 0.394 e. The number of hydrogen-bond acceptors (Lipinski definition) is 10. The van der Waals surface area contributed by atoms with Crippen molar-refractivity contribution in [2.75, 3.05) is 13.2 Å². The van der Waals surface area contributed by atoms with E-state index in [1.807, 2.05) is 0 Å². The smallest absolute Gasteiger partial charge is 0.249 e. The summed E-state index contributed by atoms with van der Waals surface area (Å²) in [6.07, 6.45) is 55.5. The standard InChI is InChI=1S/C65H125NO10/c1-3-5-7-9-11-13-15-17-19-21-22-23-24-25-26-27-28-29-30-31-32-33-34-35-37-39-41-43-45-47-49-51-53-58(69)64(74)66-56(55-75-65-63(73)62(72)61(71)59(54-67)76-65)60(70)57(68)52-50-48-46-44-42-40-38-36-20-18-16-14-12-10-8-6-4-2/h25-26,44,46,56-63,65,67-73H,3-24,27-43,45,47-55H2,1-2H3,(H,66,74)/b26-25-,46-44+. The van der Waals surface area contributed by atoms with Crippen molar-refractivity contribution in [3.63, 3.8) is 0 Å². The van der Waals surface area contributed by atoms with Crippen molar-refractivity contribution < 1.29 is 50.0 Å². The second-order valence-corrected chi connectivity index (χ2v) is 23.2. The summed E-state index contributed by atoms with van der Waals surface area (Å²) in [5.74, 6) is -0.701. The Hall–Kier alpha value is -1.41. The first-order valence-corrected chi connectivity index (χ1v) is 32.7. The van der Waals surface area contributed by atoms with Gasteiger partial charge in [-0.1, -0.05) is 276 Å². The Morgan fingerprint density at radius 1 is 0.447 bits per heavy atom. The van der Waals surface area contributed by atoms with E-state index < -0.39 is 74.2 Å². The number of carbonyl (C=O) groups is 1. The van der Waals surface area contributed by atoms with Crippen LogP contribution in [0, 0.1) is 0 Å². The molecule has 0 bridgehead atoms. The number of allylic oxidation sites excluding steroid dienone is 4. The summed E-state index contributed by atoms with van der Waals surface area (Å²) in [7, 11) is 0. The van der Waals surface area contributed by atoms with Crippen LogP contribution in [0.5, 0.6) is 0 Å². The summed E-state index contributed by atoms with van der Waals surface area (Å²) in [5.41, 5.74) is 0. The molecule has 1 fully saturated rings. The first kappa shape index (κ1) is 72.6. The van der Waals surface area contributed by atoms with Crippen molar-refractivity contribution in [2.24, 2.45) is 0 Å². The van der Waals surface area contributed by atoms with E-state index in [-0.39, 0.29) is 12.8 Å². The molecule has 0 aromatic rings. The number of aliphatic hydroxyl groups is 7. The van der Waals surface area contributed by atoms with Gasteiger partial charge in [0.1, 0.15) is 36.6 Å². The van der Waals surface area contributed by atoms with Crippen molar-refractivity contribution >= 4 is 5.91 Å². The lowest BCUT2D eigenvalue weighted by molar-refractivity contribution is -0.303. The van der Waals surface area contributed by atoms with Crippen LogP contribution in [0.3, 0.4) is 0 Å². The van der Waals surface area contributed by atoms with Crippen LogP contribution in [0.2, 0.25) is 0 Å². The van der Waals surface area contributed by atoms with E-state index in [2.05, 4.69) is 43.5 Å². The molecule has 8 N–H and O–H groups in total. The lowest BCUT2D eigenvalue weighted by Crippen LogP contribution is -2.60. The van der Waals surface area contributed by atoms with Gasteiger partial charge in [-0.15, -0.1) is 0 Å². The molecule has 1 heterocycles. The molecule has 11 heteroatoms. The maximum absolute atomic E-state index is 13.2.